The molecule has 0 bridgehead atoms. The van der Waals surface area contributed by atoms with E-state index < -0.39 is 0 Å². The number of thiophene rings is 1. The molecule has 3 aromatic rings. The van der Waals surface area contributed by atoms with Gasteiger partial charge < -0.3 is 10.2 Å². The Labute approximate surface area is 184 Å². The van der Waals surface area contributed by atoms with Crippen molar-refractivity contribution in [1.82, 2.24) is 9.88 Å². The van der Waals surface area contributed by atoms with E-state index >= 15 is 0 Å². The van der Waals surface area contributed by atoms with Gasteiger partial charge in [-0.15, -0.1) is 22.7 Å². The minimum atomic E-state index is 0.100. The summed E-state index contributed by atoms with van der Waals surface area (Å²) >= 11 is 3.30. The standard InChI is InChI=1S/C23H25N3O2S2/c1-14(27)26-12-11-16-19(13-26)30-23(25-21(28)15-7-3-2-4-8-15)20(16)22-24-17-9-5-6-10-18(17)29-22/h5-6,9-10,15H,2-4,7-8,11-13H2,1H3,(H,25,28). The van der Waals surface area contributed by atoms with Crippen LogP contribution in [0.25, 0.3) is 20.8 Å². The average Bonchev–Trinajstić information content (AvgIpc) is 3.34. The highest BCUT2D eigenvalue weighted by atomic mass is 32.1. The Balaban J connectivity index is 1.54. The zero-order valence-corrected chi connectivity index (χ0v) is 18.7. The Morgan fingerprint density at radius 2 is 1.93 bits per heavy atom. The van der Waals surface area contributed by atoms with Crippen LogP contribution in [-0.4, -0.2) is 28.2 Å². The SMILES string of the molecule is CC(=O)N1CCc2c(sc(NC(=O)C3CCCCC3)c2-c2nc3ccccc3s2)C1. The number of anilines is 1. The normalized spacial score (nSPS) is 17.2. The topological polar surface area (TPSA) is 62.3 Å². The first-order chi connectivity index (χ1) is 14.6. The largest absolute Gasteiger partial charge is 0.337 e. The number of carbonyl (C=O) groups is 2. The van der Waals surface area contributed by atoms with E-state index in [1.54, 1.807) is 29.6 Å². The number of fused-ring (bicyclic) bond motifs is 2. The lowest BCUT2D eigenvalue weighted by molar-refractivity contribution is -0.129. The van der Waals surface area contributed by atoms with Gasteiger partial charge in [-0.25, -0.2) is 4.98 Å². The molecule has 0 radical (unpaired) electrons. The Kier molecular flexibility index (Phi) is 5.33. The lowest BCUT2D eigenvalue weighted by Gasteiger charge is -2.26. The molecule has 0 saturated heterocycles. The van der Waals surface area contributed by atoms with Crippen molar-refractivity contribution in [2.24, 2.45) is 5.92 Å². The molecule has 1 aliphatic carbocycles. The Morgan fingerprint density at radius 1 is 1.13 bits per heavy atom. The lowest BCUT2D eigenvalue weighted by Crippen LogP contribution is -2.33. The summed E-state index contributed by atoms with van der Waals surface area (Å²) < 4.78 is 1.15. The highest BCUT2D eigenvalue weighted by molar-refractivity contribution is 7.22. The first-order valence-electron chi connectivity index (χ1n) is 10.7. The second kappa shape index (κ2) is 8.12. The number of nitrogens with one attached hydrogen (secondary N) is 1. The van der Waals surface area contributed by atoms with Gasteiger partial charge in [0.05, 0.1) is 16.8 Å². The number of nitrogens with zero attached hydrogens (tertiary/aromatic N) is 2. The zero-order chi connectivity index (χ0) is 20.7. The highest BCUT2D eigenvalue weighted by Crippen LogP contribution is 2.46. The average molecular weight is 440 g/mol. The van der Waals surface area contributed by atoms with Gasteiger partial charge in [0.15, 0.2) is 0 Å². The third kappa shape index (κ3) is 3.65. The summed E-state index contributed by atoms with van der Waals surface area (Å²) in [5, 5.41) is 5.13. The van der Waals surface area contributed by atoms with Gasteiger partial charge in [-0.05, 0) is 37.0 Å². The molecule has 1 aromatic carbocycles. The van der Waals surface area contributed by atoms with Crippen molar-refractivity contribution >= 4 is 49.7 Å². The molecule has 5 rings (SSSR count). The Bertz CT molecular complexity index is 1080. The van der Waals surface area contributed by atoms with Crippen molar-refractivity contribution in [3.05, 3.63) is 34.7 Å². The predicted molar refractivity (Wildman–Crippen MR) is 123 cm³/mol. The van der Waals surface area contributed by atoms with Gasteiger partial charge in [0.1, 0.15) is 10.0 Å². The molecule has 2 aromatic heterocycles. The summed E-state index contributed by atoms with van der Waals surface area (Å²) in [5.74, 6) is 0.345. The Hall–Kier alpha value is -2.25. The van der Waals surface area contributed by atoms with E-state index in [0.29, 0.717) is 13.1 Å². The van der Waals surface area contributed by atoms with Gasteiger partial charge >= 0.3 is 0 Å². The van der Waals surface area contributed by atoms with Crippen LogP contribution in [0.1, 0.15) is 49.5 Å². The van der Waals surface area contributed by atoms with Gasteiger partial charge in [0.25, 0.3) is 0 Å². The molecular weight excluding hydrogens is 414 g/mol. The third-order valence-corrected chi connectivity index (χ3v) is 8.41. The molecule has 7 heteroatoms. The molecule has 156 valence electrons. The van der Waals surface area contributed by atoms with Crippen LogP contribution >= 0.6 is 22.7 Å². The highest BCUT2D eigenvalue weighted by Gasteiger charge is 2.30. The molecule has 0 spiro atoms. The van der Waals surface area contributed by atoms with E-state index in [4.69, 9.17) is 4.98 Å². The third-order valence-electron chi connectivity index (χ3n) is 6.22. The minimum Gasteiger partial charge on any atom is -0.337 e. The van der Waals surface area contributed by atoms with Crippen molar-refractivity contribution in [2.75, 3.05) is 11.9 Å². The molecule has 30 heavy (non-hydrogen) atoms. The van der Waals surface area contributed by atoms with Gasteiger partial charge in [-0.3, -0.25) is 9.59 Å². The fourth-order valence-corrected chi connectivity index (χ4v) is 6.92. The number of benzene rings is 1. The first-order valence-corrected chi connectivity index (χ1v) is 12.3. The van der Waals surface area contributed by atoms with E-state index in [1.807, 2.05) is 23.1 Å². The number of para-hydroxylation sites is 1. The molecule has 1 N–H and O–H groups in total. The van der Waals surface area contributed by atoms with Crippen molar-refractivity contribution in [2.45, 2.75) is 52.0 Å². The molecule has 2 amide bonds. The molecule has 1 fully saturated rings. The summed E-state index contributed by atoms with van der Waals surface area (Å²) in [7, 11) is 0. The fourth-order valence-electron chi connectivity index (χ4n) is 4.54. The minimum absolute atomic E-state index is 0.100. The monoisotopic (exact) mass is 439 g/mol. The van der Waals surface area contributed by atoms with Crippen molar-refractivity contribution in [1.29, 1.82) is 0 Å². The van der Waals surface area contributed by atoms with Crippen LogP contribution in [0.4, 0.5) is 5.00 Å². The summed E-state index contributed by atoms with van der Waals surface area (Å²) in [6.45, 7) is 2.96. The second-order valence-electron chi connectivity index (χ2n) is 8.21. The quantitative estimate of drug-likeness (QED) is 0.590. The zero-order valence-electron chi connectivity index (χ0n) is 17.1. The van der Waals surface area contributed by atoms with Crippen LogP contribution in [0, 0.1) is 5.92 Å². The summed E-state index contributed by atoms with van der Waals surface area (Å²) in [6, 6.07) is 8.16. The van der Waals surface area contributed by atoms with Gasteiger partial charge in [0, 0.05) is 29.8 Å². The number of hydrogen-bond acceptors (Lipinski definition) is 5. The van der Waals surface area contributed by atoms with Gasteiger partial charge in [0.2, 0.25) is 11.8 Å². The molecule has 2 aliphatic rings. The molecule has 1 saturated carbocycles. The fraction of sp³-hybridized carbons (Fsp3) is 0.435. The molecule has 5 nitrogen and oxygen atoms in total. The second-order valence-corrected chi connectivity index (χ2v) is 10.3. The lowest BCUT2D eigenvalue weighted by atomic mass is 9.88. The number of amides is 2. The molecule has 1 aliphatic heterocycles. The smallest absolute Gasteiger partial charge is 0.228 e. The van der Waals surface area contributed by atoms with E-state index in [1.165, 1.54) is 16.9 Å². The van der Waals surface area contributed by atoms with E-state index in [-0.39, 0.29) is 17.7 Å². The van der Waals surface area contributed by atoms with Crippen LogP contribution in [0.15, 0.2) is 24.3 Å². The van der Waals surface area contributed by atoms with Crippen LogP contribution in [0.3, 0.4) is 0 Å². The molecular formula is C23H25N3O2S2. The summed E-state index contributed by atoms with van der Waals surface area (Å²) in [5.41, 5.74) is 3.31. The maximum absolute atomic E-state index is 13.0. The number of carbonyl (C=O) groups excluding carboxylic acids is 2. The van der Waals surface area contributed by atoms with Crippen LogP contribution in [0.2, 0.25) is 0 Å². The van der Waals surface area contributed by atoms with Crippen LogP contribution < -0.4 is 5.32 Å². The van der Waals surface area contributed by atoms with E-state index in [0.717, 1.165) is 57.9 Å². The van der Waals surface area contributed by atoms with Gasteiger partial charge in [-0.1, -0.05) is 31.4 Å². The Morgan fingerprint density at radius 3 is 2.70 bits per heavy atom. The number of rotatable bonds is 3. The van der Waals surface area contributed by atoms with E-state index in [9.17, 15) is 9.59 Å². The maximum atomic E-state index is 13.0. The first kappa shape index (κ1) is 19.7. The number of hydrogen-bond donors (Lipinski definition) is 1. The molecule has 3 heterocycles. The number of aromatic nitrogens is 1. The number of thiazole rings is 1. The summed E-state index contributed by atoms with van der Waals surface area (Å²) in [4.78, 5) is 32.9. The van der Waals surface area contributed by atoms with Crippen molar-refractivity contribution in [3.63, 3.8) is 0 Å². The van der Waals surface area contributed by atoms with Crippen molar-refractivity contribution in [3.8, 4) is 10.6 Å². The van der Waals surface area contributed by atoms with Crippen LogP contribution in [0.5, 0.6) is 0 Å². The van der Waals surface area contributed by atoms with Gasteiger partial charge in [-0.2, -0.15) is 0 Å². The van der Waals surface area contributed by atoms with Crippen molar-refractivity contribution < 1.29 is 9.59 Å². The van der Waals surface area contributed by atoms with E-state index in [2.05, 4.69) is 11.4 Å². The molecule has 0 unspecified atom stereocenters. The molecule has 0 atom stereocenters. The summed E-state index contributed by atoms with van der Waals surface area (Å²) in [6.07, 6.45) is 6.26. The van der Waals surface area contributed by atoms with Crippen LogP contribution in [-0.2, 0) is 22.6 Å². The maximum Gasteiger partial charge on any atom is 0.228 e. The predicted octanol–water partition coefficient (Wildman–Crippen LogP) is 5.45.